The van der Waals surface area contributed by atoms with E-state index in [0.717, 1.165) is 57.9 Å². The molecule has 28 heavy (non-hydrogen) atoms. The van der Waals surface area contributed by atoms with Gasteiger partial charge in [-0.25, -0.2) is 4.98 Å². The lowest BCUT2D eigenvalue weighted by Gasteiger charge is -2.39. The van der Waals surface area contributed by atoms with Crippen molar-refractivity contribution in [1.29, 1.82) is 0 Å². The first-order chi connectivity index (χ1) is 13.7. The Balaban J connectivity index is 1.26. The summed E-state index contributed by atoms with van der Waals surface area (Å²) >= 11 is 0. The summed E-state index contributed by atoms with van der Waals surface area (Å²) in [6.45, 7) is 7.96. The van der Waals surface area contributed by atoms with Gasteiger partial charge in [-0.05, 0) is 37.4 Å². The second-order valence-corrected chi connectivity index (χ2v) is 7.81. The van der Waals surface area contributed by atoms with Crippen LogP contribution in [0.2, 0.25) is 0 Å². The largest absolute Gasteiger partial charge is 0.502 e. The summed E-state index contributed by atoms with van der Waals surface area (Å²) in [6, 6.07) is 7.48. The van der Waals surface area contributed by atoms with Crippen molar-refractivity contribution in [2.45, 2.75) is 19.4 Å². The van der Waals surface area contributed by atoms with Gasteiger partial charge in [-0.1, -0.05) is 6.07 Å². The maximum absolute atomic E-state index is 11.6. The Labute approximate surface area is 165 Å². The van der Waals surface area contributed by atoms with E-state index in [1.807, 2.05) is 18.3 Å². The molecule has 0 aromatic carbocycles. The molecule has 1 N–H and O–H groups in total. The molecule has 2 aliphatic rings. The molecule has 0 amide bonds. The van der Waals surface area contributed by atoms with Gasteiger partial charge < -0.3 is 14.4 Å². The summed E-state index contributed by atoms with van der Waals surface area (Å²) in [5.41, 5.74) is -0.374. The first-order valence-corrected chi connectivity index (χ1v) is 10.1. The summed E-state index contributed by atoms with van der Waals surface area (Å²) < 4.78 is 5.37. The van der Waals surface area contributed by atoms with Crippen molar-refractivity contribution in [2.24, 2.45) is 5.92 Å². The van der Waals surface area contributed by atoms with Crippen molar-refractivity contribution in [3.05, 3.63) is 52.7 Å². The van der Waals surface area contributed by atoms with Crippen LogP contribution in [0.15, 0.2) is 45.9 Å². The average molecular weight is 384 g/mol. The van der Waals surface area contributed by atoms with E-state index in [1.54, 1.807) is 0 Å². The third-order valence-corrected chi connectivity index (χ3v) is 5.71. The van der Waals surface area contributed by atoms with Crippen molar-refractivity contribution in [3.8, 4) is 5.75 Å². The molecule has 1 unspecified atom stereocenters. The molecule has 7 heteroatoms. The van der Waals surface area contributed by atoms with E-state index in [4.69, 9.17) is 4.42 Å². The van der Waals surface area contributed by atoms with Crippen LogP contribution in [0, 0.1) is 5.92 Å². The normalized spacial score (nSPS) is 21.7. The number of piperazine rings is 1. The number of piperidine rings is 1. The Morgan fingerprint density at radius 3 is 2.75 bits per heavy atom. The van der Waals surface area contributed by atoms with Gasteiger partial charge in [-0.3, -0.25) is 14.6 Å². The molecule has 4 rings (SSSR count). The molecular formula is C21H28N4O3. The lowest BCUT2D eigenvalue weighted by molar-refractivity contribution is 0.118. The zero-order valence-electron chi connectivity index (χ0n) is 16.2. The highest BCUT2D eigenvalue weighted by Crippen LogP contribution is 2.21. The summed E-state index contributed by atoms with van der Waals surface area (Å²) in [5.74, 6) is 2.00. The van der Waals surface area contributed by atoms with Crippen LogP contribution in [0.4, 0.5) is 5.82 Å². The van der Waals surface area contributed by atoms with E-state index in [2.05, 4.69) is 25.8 Å². The molecule has 0 bridgehead atoms. The van der Waals surface area contributed by atoms with Gasteiger partial charge in [-0.15, -0.1) is 0 Å². The van der Waals surface area contributed by atoms with E-state index >= 15 is 0 Å². The number of pyridine rings is 1. The third kappa shape index (κ3) is 4.72. The predicted molar refractivity (Wildman–Crippen MR) is 108 cm³/mol. The van der Waals surface area contributed by atoms with Crippen LogP contribution in [0.1, 0.15) is 18.6 Å². The number of aromatic hydroxyl groups is 1. The molecule has 150 valence electrons. The third-order valence-electron chi connectivity index (χ3n) is 5.71. The van der Waals surface area contributed by atoms with Gasteiger partial charge in [0, 0.05) is 51.5 Å². The van der Waals surface area contributed by atoms with Gasteiger partial charge in [0.25, 0.3) is 0 Å². The number of nitrogens with zero attached hydrogens (tertiary/aromatic N) is 4. The fourth-order valence-corrected chi connectivity index (χ4v) is 4.26. The molecule has 0 saturated carbocycles. The lowest BCUT2D eigenvalue weighted by atomic mass is 9.97. The predicted octanol–water partition coefficient (Wildman–Crippen LogP) is 1.77. The Hall–Kier alpha value is -2.38. The van der Waals surface area contributed by atoms with Crippen molar-refractivity contribution < 1.29 is 9.52 Å². The molecule has 2 fully saturated rings. The molecule has 2 aromatic rings. The highest BCUT2D eigenvalue weighted by atomic mass is 16.4. The van der Waals surface area contributed by atoms with Gasteiger partial charge in [0.05, 0.1) is 6.54 Å². The zero-order chi connectivity index (χ0) is 19.3. The molecule has 1 atom stereocenters. The summed E-state index contributed by atoms with van der Waals surface area (Å²) in [5, 5.41) is 9.33. The SMILES string of the molecule is O=c1cc(CN2CCCC(CN3CCN(c4ccccn4)CC3)C2)occ1O. The maximum Gasteiger partial charge on any atom is 0.226 e. The number of hydrogen-bond donors (Lipinski definition) is 1. The first-order valence-electron chi connectivity index (χ1n) is 10.1. The topological polar surface area (TPSA) is 73.1 Å². The fraction of sp³-hybridized carbons (Fsp3) is 0.524. The molecule has 2 aromatic heterocycles. The fourth-order valence-electron chi connectivity index (χ4n) is 4.26. The van der Waals surface area contributed by atoms with Crippen molar-refractivity contribution in [3.63, 3.8) is 0 Å². The van der Waals surface area contributed by atoms with Crippen molar-refractivity contribution >= 4 is 5.82 Å². The van der Waals surface area contributed by atoms with Crippen LogP contribution < -0.4 is 10.3 Å². The first kappa shape index (κ1) is 19.0. The molecule has 4 heterocycles. The molecule has 0 aliphatic carbocycles. The summed E-state index contributed by atoms with van der Waals surface area (Å²) in [7, 11) is 0. The average Bonchev–Trinajstić information content (AvgIpc) is 2.72. The smallest absolute Gasteiger partial charge is 0.226 e. The van der Waals surface area contributed by atoms with Crippen LogP contribution in [0.5, 0.6) is 5.75 Å². The monoisotopic (exact) mass is 384 g/mol. The van der Waals surface area contributed by atoms with E-state index in [9.17, 15) is 9.90 Å². The van der Waals surface area contributed by atoms with E-state index in [-0.39, 0.29) is 11.2 Å². The van der Waals surface area contributed by atoms with Crippen LogP contribution >= 0.6 is 0 Å². The Bertz CT molecular complexity index is 818. The highest BCUT2D eigenvalue weighted by molar-refractivity contribution is 5.38. The highest BCUT2D eigenvalue weighted by Gasteiger charge is 2.25. The van der Waals surface area contributed by atoms with Crippen LogP contribution in [0.3, 0.4) is 0 Å². The standard InChI is InChI=1S/C21H28N4O3/c26-19-12-18(28-16-20(19)27)15-24-7-3-4-17(14-24)13-23-8-10-25(11-9-23)21-5-1-2-6-22-21/h1-2,5-6,12,16-17,27H,3-4,7-11,13-15H2. The molecule has 0 radical (unpaired) electrons. The second-order valence-electron chi connectivity index (χ2n) is 7.81. The molecule has 7 nitrogen and oxygen atoms in total. The molecule has 2 aliphatic heterocycles. The molecule has 0 spiro atoms. The van der Waals surface area contributed by atoms with E-state index < -0.39 is 0 Å². The Kier molecular flexibility index (Phi) is 5.92. The van der Waals surface area contributed by atoms with Gasteiger partial charge in [0.2, 0.25) is 5.43 Å². The molecule has 2 saturated heterocycles. The maximum atomic E-state index is 11.6. The minimum atomic E-state index is -0.374. The van der Waals surface area contributed by atoms with Gasteiger partial charge in [0.15, 0.2) is 5.75 Å². The van der Waals surface area contributed by atoms with Crippen LogP contribution in [-0.4, -0.2) is 65.7 Å². The van der Waals surface area contributed by atoms with Crippen molar-refractivity contribution in [2.75, 3.05) is 50.7 Å². The number of aromatic nitrogens is 1. The van der Waals surface area contributed by atoms with Crippen LogP contribution in [0.25, 0.3) is 0 Å². The van der Waals surface area contributed by atoms with E-state index in [0.29, 0.717) is 18.2 Å². The Morgan fingerprint density at radius 2 is 2.00 bits per heavy atom. The summed E-state index contributed by atoms with van der Waals surface area (Å²) in [6.07, 6.45) is 5.41. The lowest BCUT2D eigenvalue weighted by Crippen LogP contribution is -2.49. The van der Waals surface area contributed by atoms with Gasteiger partial charge in [-0.2, -0.15) is 0 Å². The number of anilines is 1. The summed E-state index contributed by atoms with van der Waals surface area (Å²) in [4.78, 5) is 23.3. The minimum absolute atomic E-state index is 0.329. The zero-order valence-corrected chi connectivity index (χ0v) is 16.2. The van der Waals surface area contributed by atoms with Gasteiger partial charge >= 0.3 is 0 Å². The number of rotatable bonds is 5. The number of hydrogen-bond acceptors (Lipinski definition) is 7. The quantitative estimate of drug-likeness (QED) is 0.842. The van der Waals surface area contributed by atoms with Gasteiger partial charge in [0.1, 0.15) is 17.8 Å². The Morgan fingerprint density at radius 1 is 1.14 bits per heavy atom. The molecular weight excluding hydrogens is 356 g/mol. The van der Waals surface area contributed by atoms with E-state index in [1.165, 1.54) is 18.9 Å². The second kappa shape index (κ2) is 8.75. The minimum Gasteiger partial charge on any atom is -0.502 e. The number of likely N-dealkylation sites (tertiary alicyclic amines) is 1. The van der Waals surface area contributed by atoms with Crippen molar-refractivity contribution in [1.82, 2.24) is 14.8 Å². The van der Waals surface area contributed by atoms with Crippen LogP contribution in [-0.2, 0) is 6.54 Å².